The lowest BCUT2D eigenvalue weighted by Gasteiger charge is -2.31. The Morgan fingerprint density at radius 3 is 2.41 bits per heavy atom. The van der Waals surface area contributed by atoms with Crippen LogP contribution in [-0.4, -0.2) is 38.3 Å². The summed E-state index contributed by atoms with van der Waals surface area (Å²) in [5.41, 5.74) is 0.541. The predicted molar refractivity (Wildman–Crippen MR) is 115 cm³/mol. The first-order valence-electron chi connectivity index (χ1n) is 8.98. The Hall–Kier alpha value is -1.45. The lowest BCUT2D eigenvalue weighted by atomic mass is 10.1. The molecule has 1 amide bonds. The van der Waals surface area contributed by atoms with Gasteiger partial charge in [-0.3, -0.25) is 0 Å². The fourth-order valence-electron chi connectivity index (χ4n) is 3.09. The number of carbonyl (C=O) groups excluding carboxylic acids is 1. The Balaban J connectivity index is 2.62. The Bertz CT molecular complexity index is 869. The van der Waals surface area contributed by atoms with E-state index in [0.29, 0.717) is 10.7 Å². The molecule has 0 spiro atoms. The largest absolute Gasteiger partial charge is 0.433 e. The van der Waals surface area contributed by atoms with Crippen LogP contribution in [0.5, 0.6) is 0 Å². The lowest BCUT2D eigenvalue weighted by molar-refractivity contribution is 0.0539. The molecule has 0 aliphatic rings. The number of hydrogen-bond acceptors (Lipinski definition) is 5. The van der Waals surface area contributed by atoms with Crippen LogP contribution < -0.4 is 0 Å². The van der Waals surface area contributed by atoms with Crippen molar-refractivity contribution in [1.82, 2.24) is 13.9 Å². The summed E-state index contributed by atoms with van der Waals surface area (Å²) in [6, 6.07) is 3.64. The van der Waals surface area contributed by atoms with Crippen LogP contribution in [0.15, 0.2) is 23.2 Å². The number of hydrogen-bond donors (Lipinski definition) is 0. The molecular weight excluding hydrogens is 440 g/mol. The molecule has 0 saturated heterocycles. The Kier molecular flexibility index (Phi) is 8.25. The van der Waals surface area contributed by atoms with Crippen molar-refractivity contribution >= 4 is 41.8 Å². The number of imidazole rings is 1. The van der Waals surface area contributed by atoms with Crippen molar-refractivity contribution in [3.8, 4) is 0 Å². The molecule has 0 fully saturated rings. The minimum atomic E-state index is -1.27. The van der Waals surface area contributed by atoms with Gasteiger partial charge in [0, 0.05) is 22.7 Å². The topological polar surface area (TPSA) is 47.4 Å². The van der Waals surface area contributed by atoms with E-state index in [1.54, 1.807) is 13.2 Å². The highest BCUT2D eigenvalue weighted by molar-refractivity contribution is 7.98. The van der Waals surface area contributed by atoms with E-state index in [2.05, 4.69) is 4.98 Å². The smallest absolute Gasteiger partial charge is 0.411 e. The van der Waals surface area contributed by atoms with Crippen molar-refractivity contribution in [2.24, 2.45) is 0 Å². The minimum absolute atomic E-state index is 0.00580. The van der Waals surface area contributed by atoms with E-state index in [0.717, 1.165) is 0 Å². The normalized spacial score (nSPS) is 12.5. The third-order valence-corrected chi connectivity index (χ3v) is 5.93. The van der Waals surface area contributed by atoms with Crippen LogP contribution in [0.3, 0.4) is 0 Å². The van der Waals surface area contributed by atoms with Gasteiger partial charge in [-0.15, -0.1) is 15.6 Å². The molecule has 1 heterocycles. The molecule has 1 unspecified atom stereocenters. The van der Waals surface area contributed by atoms with Crippen molar-refractivity contribution < 1.29 is 17.8 Å². The molecule has 2 rings (SSSR count). The molecule has 1 atom stereocenters. The first-order valence-corrected chi connectivity index (χ1v) is 11.3. The van der Waals surface area contributed by atoms with E-state index in [1.165, 1.54) is 38.8 Å². The van der Waals surface area contributed by atoms with Gasteiger partial charge in [-0.25, -0.2) is 18.1 Å². The Morgan fingerprint density at radius 1 is 1.28 bits per heavy atom. The summed E-state index contributed by atoms with van der Waals surface area (Å²) in [6.45, 7) is 9.10. The van der Waals surface area contributed by atoms with Gasteiger partial charge in [0.2, 0.25) is 0 Å². The van der Waals surface area contributed by atoms with Crippen LogP contribution in [-0.2, 0) is 4.74 Å². The SMILES string of the molecule is CSc1nc(C(OC(=O)N(C(C)C)C(C)C)c2cc(Cl)ccc2F)n(SF)c1C. The van der Waals surface area contributed by atoms with E-state index in [-0.39, 0.29) is 40.8 Å². The van der Waals surface area contributed by atoms with Gasteiger partial charge in [0.1, 0.15) is 10.8 Å². The molecule has 0 N–H and O–H groups in total. The maximum atomic E-state index is 14.7. The molecule has 10 heteroatoms. The zero-order valence-corrected chi connectivity index (χ0v) is 19.5. The number of amides is 1. The lowest BCUT2D eigenvalue weighted by Crippen LogP contribution is -2.43. The number of thioether (sulfide) groups is 1. The van der Waals surface area contributed by atoms with Crippen molar-refractivity contribution in [1.29, 1.82) is 0 Å². The summed E-state index contributed by atoms with van der Waals surface area (Å²) in [7, 11) is 0. The average molecular weight is 464 g/mol. The molecule has 29 heavy (non-hydrogen) atoms. The molecule has 1 aromatic carbocycles. The first-order chi connectivity index (χ1) is 13.6. The van der Waals surface area contributed by atoms with Crippen LogP contribution in [0.1, 0.15) is 50.9 Å². The molecule has 2 aromatic rings. The maximum absolute atomic E-state index is 14.7. The van der Waals surface area contributed by atoms with Gasteiger partial charge in [0.05, 0.1) is 5.69 Å². The second-order valence-corrected chi connectivity index (χ2v) is 8.69. The zero-order chi connectivity index (χ0) is 21.9. The second kappa shape index (κ2) is 10.0. The third-order valence-electron chi connectivity index (χ3n) is 4.32. The van der Waals surface area contributed by atoms with Gasteiger partial charge in [-0.1, -0.05) is 11.6 Å². The molecular formula is C19H24ClF2N3O2S2. The van der Waals surface area contributed by atoms with E-state index in [4.69, 9.17) is 16.3 Å². The van der Waals surface area contributed by atoms with Crippen LogP contribution in [0.2, 0.25) is 5.02 Å². The monoisotopic (exact) mass is 463 g/mol. The summed E-state index contributed by atoms with van der Waals surface area (Å²) in [6.07, 6.45) is -0.128. The number of carbonyl (C=O) groups is 1. The van der Waals surface area contributed by atoms with Crippen molar-refractivity contribution in [2.45, 2.75) is 57.8 Å². The molecule has 0 aliphatic heterocycles. The predicted octanol–water partition coefficient (Wildman–Crippen LogP) is 6.43. The van der Waals surface area contributed by atoms with Gasteiger partial charge in [0.25, 0.3) is 0 Å². The number of aromatic nitrogens is 2. The Morgan fingerprint density at radius 2 is 1.90 bits per heavy atom. The van der Waals surface area contributed by atoms with Gasteiger partial charge < -0.3 is 9.64 Å². The molecule has 1 aromatic heterocycles. The fraction of sp³-hybridized carbons (Fsp3) is 0.474. The summed E-state index contributed by atoms with van der Waals surface area (Å²) in [4.78, 5) is 18.9. The van der Waals surface area contributed by atoms with Gasteiger partial charge in [-0.2, -0.15) is 0 Å². The van der Waals surface area contributed by atoms with E-state index in [9.17, 15) is 13.1 Å². The first kappa shape index (κ1) is 23.8. The number of ether oxygens (including phenoxy) is 1. The van der Waals surface area contributed by atoms with Crippen molar-refractivity contribution in [2.75, 3.05) is 6.26 Å². The molecule has 5 nitrogen and oxygen atoms in total. The van der Waals surface area contributed by atoms with E-state index >= 15 is 0 Å². The summed E-state index contributed by atoms with van der Waals surface area (Å²) < 4.78 is 35.4. The maximum Gasteiger partial charge on any atom is 0.411 e. The van der Waals surface area contributed by atoms with Crippen LogP contribution in [0.4, 0.5) is 13.1 Å². The zero-order valence-electron chi connectivity index (χ0n) is 17.1. The van der Waals surface area contributed by atoms with Gasteiger partial charge in [0.15, 0.2) is 24.3 Å². The van der Waals surface area contributed by atoms with Crippen LogP contribution in [0, 0.1) is 12.7 Å². The minimum Gasteiger partial charge on any atom is -0.433 e. The quantitative estimate of drug-likeness (QED) is 0.442. The molecule has 0 radical (unpaired) electrons. The highest BCUT2D eigenvalue weighted by atomic mass is 35.5. The number of rotatable bonds is 7. The standard InChI is InChI=1S/C19H24ClF2N3O2S2/c1-10(2)24(11(3)4)19(26)27-16(14-9-13(20)7-8-15(14)21)17-23-18(28-6)12(5)25(17)29-22/h7-11,16H,1-6H3. The van der Waals surface area contributed by atoms with Crippen molar-refractivity contribution in [3.05, 3.63) is 46.1 Å². The Labute approximate surface area is 183 Å². The summed E-state index contributed by atoms with van der Waals surface area (Å²) in [5.74, 6) is -0.559. The summed E-state index contributed by atoms with van der Waals surface area (Å²) in [5, 5.41) is 0.818. The van der Waals surface area contributed by atoms with Gasteiger partial charge in [-0.05, 0) is 59.1 Å². The molecule has 0 saturated carbocycles. The molecule has 0 aliphatic carbocycles. The van der Waals surface area contributed by atoms with Crippen molar-refractivity contribution in [3.63, 3.8) is 0 Å². The van der Waals surface area contributed by atoms with E-state index < -0.39 is 18.0 Å². The highest BCUT2D eigenvalue weighted by Crippen LogP contribution is 2.36. The number of halogens is 3. The number of benzene rings is 1. The molecule has 160 valence electrons. The third kappa shape index (κ3) is 5.19. The summed E-state index contributed by atoms with van der Waals surface area (Å²) >= 11 is 7.30. The van der Waals surface area contributed by atoms with Crippen LogP contribution >= 0.6 is 35.7 Å². The molecule has 0 bridgehead atoms. The number of nitrogens with zero attached hydrogens (tertiary/aromatic N) is 3. The van der Waals surface area contributed by atoms with E-state index in [1.807, 2.05) is 27.7 Å². The van der Waals surface area contributed by atoms with Crippen LogP contribution in [0.25, 0.3) is 0 Å². The fourth-order valence-corrected chi connectivity index (χ4v) is 4.29. The second-order valence-electron chi connectivity index (χ2n) is 6.95. The highest BCUT2D eigenvalue weighted by Gasteiger charge is 2.33. The van der Waals surface area contributed by atoms with Gasteiger partial charge >= 0.3 is 6.09 Å². The average Bonchev–Trinajstić information content (AvgIpc) is 2.96.